The average molecular weight is 186 g/mol. The van der Waals surface area contributed by atoms with Gasteiger partial charge in [0, 0.05) is 20.0 Å². The van der Waals surface area contributed by atoms with E-state index >= 15 is 0 Å². The van der Waals surface area contributed by atoms with Crippen molar-refractivity contribution >= 4 is 12.0 Å². The van der Waals surface area contributed by atoms with Crippen LogP contribution in [0, 0.1) is 0 Å². The number of cyclic esters (lactones) is 1. The average Bonchev–Trinajstić information content (AvgIpc) is 2.34. The minimum absolute atomic E-state index is 0.0831. The van der Waals surface area contributed by atoms with Gasteiger partial charge in [0.2, 0.25) is 5.91 Å². The molecule has 1 unspecified atom stereocenters. The number of hydrogen-bond donors (Lipinski definition) is 1. The van der Waals surface area contributed by atoms with Crippen molar-refractivity contribution in [2.75, 3.05) is 19.7 Å². The molecule has 1 rings (SSSR count). The molecular formula is C8H14N2O3. The van der Waals surface area contributed by atoms with E-state index in [-0.39, 0.29) is 18.0 Å². The Balaban J connectivity index is 2.27. The molecule has 1 N–H and O–H groups in total. The Kier molecular flexibility index (Phi) is 3.11. The van der Waals surface area contributed by atoms with Crippen LogP contribution >= 0.6 is 0 Å². The first-order valence-electron chi connectivity index (χ1n) is 4.29. The van der Waals surface area contributed by atoms with E-state index in [2.05, 4.69) is 5.32 Å². The smallest absolute Gasteiger partial charge is 0.410 e. The molecule has 5 heteroatoms. The van der Waals surface area contributed by atoms with E-state index in [9.17, 15) is 9.59 Å². The molecule has 1 aliphatic heterocycles. The monoisotopic (exact) mass is 186 g/mol. The summed E-state index contributed by atoms with van der Waals surface area (Å²) in [5, 5.41) is 2.63. The molecule has 13 heavy (non-hydrogen) atoms. The summed E-state index contributed by atoms with van der Waals surface area (Å²) in [7, 11) is 0. The molecule has 0 spiro atoms. The molecule has 0 aromatic rings. The van der Waals surface area contributed by atoms with E-state index in [1.54, 1.807) is 4.90 Å². The third kappa shape index (κ3) is 2.61. The summed E-state index contributed by atoms with van der Waals surface area (Å²) < 4.78 is 4.81. The summed E-state index contributed by atoms with van der Waals surface area (Å²) >= 11 is 0. The van der Waals surface area contributed by atoms with E-state index in [0.29, 0.717) is 19.7 Å². The minimum Gasteiger partial charge on any atom is -0.447 e. The van der Waals surface area contributed by atoms with E-state index in [1.807, 2.05) is 6.92 Å². The van der Waals surface area contributed by atoms with Crippen molar-refractivity contribution in [1.29, 1.82) is 0 Å². The van der Waals surface area contributed by atoms with Crippen LogP contribution in [-0.2, 0) is 9.53 Å². The first-order valence-corrected chi connectivity index (χ1v) is 4.29. The molecule has 0 aromatic carbocycles. The molecule has 1 atom stereocenters. The molecule has 0 radical (unpaired) electrons. The highest BCUT2D eigenvalue weighted by Crippen LogP contribution is 2.09. The maximum absolute atomic E-state index is 11.1. The van der Waals surface area contributed by atoms with Crippen LogP contribution in [0.5, 0.6) is 0 Å². The van der Waals surface area contributed by atoms with Gasteiger partial charge in [0.15, 0.2) is 0 Å². The second-order valence-corrected chi connectivity index (χ2v) is 3.10. The molecule has 0 aliphatic carbocycles. The molecule has 0 aromatic heterocycles. The zero-order valence-corrected chi connectivity index (χ0v) is 7.87. The first kappa shape index (κ1) is 9.83. The molecule has 1 aliphatic rings. The second-order valence-electron chi connectivity index (χ2n) is 3.10. The maximum atomic E-state index is 11.1. The van der Waals surface area contributed by atoms with Crippen molar-refractivity contribution in [2.24, 2.45) is 0 Å². The van der Waals surface area contributed by atoms with E-state index in [0.717, 1.165) is 0 Å². The number of amides is 2. The summed E-state index contributed by atoms with van der Waals surface area (Å²) in [4.78, 5) is 23.2. The lowest BCUT2D eigenvalue weighted by atomic mass is 10.3. The number of rotatable bonds is 3. The van der Waals surface area contributed by atoms with Crippen molar-refractivity contribution < 1.29 is 14.3 Å². The zero-order chi connectivity index (χ0) is 9.84. The van der Waals surface area contributed by atoms with Crippen molar-refractivity contribution in [2.45, 2.75) is 19.9 Å². The summed E-state index contributed by atoms with van der Waals surface area (Å²) in [5.41, 5.74) is 0. The third-order valence-electron chi connectivity index (χ3n) is 1.94. The van der Waals surface area contributed by atoms with Crippen LogP contribution in [0.15, 0.2) is 0 Å². The fourth-order valence-electron chi connectivity index (χ4n) is 1.21. The number of carbonyl (C=O) groups is 2. The SMILES string of the molecule is CC(=O)NCCN1C(=O)OCC1C. The fourth-order valence-corrected chi connectivity index (χ4v) is 1.21. The van der Waals surface area contributed by atoms with Gasteiger partial charge in [-0.2, -0.15) is 0 Å². The van der Waals surface area contributed by atoms with Gasteiger partial charge in [0.25, 0.3) is 0 Å². The van der Waals surface area contributed by atoms with Gasteiger partial charge in [0.05, 0.1) is 6.04 Å². The lowest BCUT2D eigenvalue weighted by Crippen LogP contribution is -2.38. The highest BCUT2D eigenvalue weighted by atomic mass is 16.6. The zero-order valence-electron chi connectivity index (χ0n) is 7.87. The van der Waals surface area contributed by atoms with Crippen molar-refractivity contribution in [3.8, 4) is 0 Å². The van der Waals surface area contributed by atoms with E-state index in [1.165, 1.54) is 6.92 Å². The predicted molar refractivity (Wildman–Crippen MR) is 46.2 cm³/mol. The Morgan fingerprint density at radius 2 is 2.46 bits per heavy atom. The molecule has 1 heterocycles. The minimum atomic E-state index is -0.294. The highest BCUT2D eigenvalue weighted by Gasteiger charge is 2.28. The van der Waals surface area contributed by atoms with Crippen molar-refractivity contribution in [3.63, 3.8) is 0 Å². The fraction of sp³-hybridized carbons (Fsp3) is 0.750. The summed E-state index contributed by atoms with van der Waals surface area (Å²) in [6.45, 7) is 4.80. The molecule has 1 saturated heterocycles. The van der Waals surface area contributed by atoms with Crippen LogP contribution in [0.3, 0.4) is 0 Å². The van der Waals surface area contributed by atoms with Gasteiger partial charge < -0.3 is 15.0 Å². The van der Waals surface area contributed by atoms with Gasteiger partial charge in [0.1, 0.15) is 6.61 Å². The second kappa shape index (κ2) is 4.11. The lowest BCUT2D eigenvalue weighted by molar-refractivity contribution is -0.119. The van der Waals surface area contributed by atoms with E-state index in [4.69, 9.17) is 4.74 Å². The maximum Gasteiger partial charge on any atom is 0.410 e. The number of hydrogen-bond acceptors (Lipinski definition) is 3. The Morgan fingerprint density at radius 3 is 2.92 bits per heavy atom. The number of ether oxygens (including phenoxy) is 1. The van der Waals surface area contributed by atoms with Gasteiger partial charge in [-0.05, 0) is 6.92 Å². The van der Waals surface area contributed by atoms with E-state index < -0.39 is 0 Å². The Bertz CT molecular complexity index is 217. The summed E-state index contributed by atoms with van der Waals surface area (Å²) in [6.07, 6.45) is -0.294. The topological polar surface area (TPSA) is 58.6 Å². The molecule has 0 bridgehead atoms. The van der Waals surface area contributed by atoms with Crippen LogP contribution in [-0.4, -0.2) is 42.6 Å². The Labute approximate surface area is 77.0 Å². The van der Waals surface area contributed by atoms with Gasteiger partial charge >= 0.3 is 6.09 Å². The quantitative estimate of drug-likeness (QED) is 0.673. The summed E-state index contributed by atoms with van der Waals surface area (Å²) in [5.74, 6) is -0.0831. The Morgan fingerprint density at radius 1 is 1.77 bits per heavy atom. The van der Waals surface area contributed by atoms with Gasteiger partial charge in [-0.15, -0.1) is 0 Å². The van der Waals surface area contributed by atoms with Gasteiger partial charge in [-0.3, -0.25) is 4.79 Å². The third-order valence-corrected chi connectivity index (χ3v) is 1.94. The van der Waals surface area contributed by atoms with Gasteiger partial charge in [-0.1, -0.05) is 0 Å². The molecule has 1 fully saturated rings. The van der Waals surface area contributed by atoms with Crippen molar-refractivity contribution in [3.05, 3.63) is 0 Å². The molecular weight excluding hydrogens is 172 g/mol. The largest absolute Gasteiger partial charge is 0.447 e. The lowest BCUT2D eigenvalue weighted by Gasteiger charge is -2.17. The molecule has 0 saturated carbocycles. The van der Waals surface area contributed by atoms with Crippen LogP contribution in [0.1, 0.15) is 13.8 Å². The number of nitrogens with one attached hydrogen (secondary N) is 1. The van der Waals surface area contributed by atoms with Crippen LogP contribution < -0.4 is 5.32 Å². The number of nitrogens with zero attached hydrogens (tertiary/aromatic N) is 1. The van der Waals surface area contributed by atoms with Crippen LogP contribution in [0.25, 0.3) is 0 Å². The highest BCUT2D eigenvalue weighted by molar-refractivity contribution is 5.73. The number of carbonyl (C=O) groups excluding carboxylic acids is 2. The predicted octanol–water partition coefficient (Wildman–Crippen LogP) is -0.0368. The van der Waals surface area contributed by atoms with Crippen LogP contribution in [0.4, 0.5) is 4.79 Å². The standard InChI is InChI=1S/C8H14N2O3/c1-6-5-13-8(12)10(6)4-3-9-7(2)11/h6H,3-5H2,1-2H3,(H,9,11). The molecule has 5 nitrogen and oxygen atoms in total. The van der Waals surface area contributed by atoms with Crippen LogP contribution in [0.2, 0.25) is 0 Å². The van der Waals surface area contributed by atoms with Crippen molar-refractivity contribution in [1.82, 2.24) is 10.2 Å². The molecule has 2 amide bonds. The summed E-state index contributed by atoms with van der Waals surface area (Å²) in [6, 6.07) is 0.112. The normalized spacial score (nSPS) is 21.5. The Hall–Kier alpha value is -1.26. The molecule has 74 valence electrons. The van der Waals surface area contributed by atoms with Gasteiger partial charge in [-0.25, -0.2) is 4.79 Å². The first-order chi connectivity index (χ1) is 6.11.